The van der Waals surface area contributed by atoms with Crippen molar-refractivity contribution in [3.8, 4) is 0 Å². The van der Waals surface area contributed by atoms with Crippen LogP contribution >= 0.6 is 0 Å². The van der Waals surface area contributed by atoms with Crippen LogP contribution in [-0.2, 0) is 16.0 Å². The minimum atomic E-state index is -0.647. The molecule has 2 amide bonds. The van der Waals surface area contributed by atoms with E-state index in [0.717, 1.165) is 6.07 Å². The zero-order valence-corrected chi connectivity index (χ0v) is 10.5. The van der Waals surface area contributed by atoms with Gasteiger partial charge in [0.15, 0.2) is 0 Å². The summed E-state index contributed by atoms with van der Waals surface area (Å²) in [6.45, 7) is 1.86. The highest BCUT2D eigenvalue weighted by Crippen LogP contribution is 2.10. The molecule has 1 saturated heterocycles. The van der Waals surface area contributed by atoms with Gasteiger partial charge in [-0.25, -0.2) is 8.78 Å². The van der Waals surface area contributed by atoms with Crippen LogP contribution in [0.1, 0.15) is 12.5 Å². The Morgan fingerprint density at radius 2 is 1.89 bits per heavy atom. The van der Waals surface area contributed by atoms with Crippen molar-refractivity contribution in [2.24, 2.45) is 0 Å². The van der Waals surface area contributed by atoms with Crippen LogP contribution in [-0.4, -0.2) is 35.8 Å². The molecule has 0 bridgehead atoms. The van der Waals surface area contributed by atoms with Crippen LogP contribution in [0.3, 0.4) is 0 Å². The van der Waals surface area contributed by atoms with Gasteiger partial charge in [-0.3, -0.25) is 9.59 Å². The van der Waals surface area contributed by atoms with E-state index in [1.54, 1.807) is 6.92 Å². The molecule has 6 heteroatoms. The zero-order chi connectivity index (χ0) is 14.0. The number of piperazine rings is 1. The van der Waals surface area contributed by atoms with E-state index < -0.39 is 17.7 Å². The van der Waals surface area contributed by atoms with Crippen molar-refractivity contribution in [2.45, 2.75) is 19.4 Å². The average Bonchev–Trinajstić information content (AvgIpc) is 2.30. The molecule has 1 unspecified atom stereocenters. The van der Waals surface area contributed by atoms with Crippen molar-refractivity contribution in [2.75, 3.05) is 13.1 Å². The smallest absolute Gasteiger partial charge is 0.245 e. The molecule has 0 radical (unpaired) electrons. The fraction of sp³-hybridized carbons (Fsp3) is 0.385. The lowest BCUT2D eigenvalue weighted by Crippen LogP contribution is -2.57. The lowest BCUT2D eigenvalue weighted by atomic mass is 10.1. The molecule has 19 heavy (non-hydrogen) atoms. The normalized spacial score (nSPS) is 19.5. The SMILES string of the molecule is CC1NC(=O)CN(CCc2cc(F)cc(F)c2)C1=O. The molecule has 1 fully saturated rings. The molecule has 1 aliphatic rings. The minimum absolute atomic E-state index is 0.0129. The second-order valence-electron chi connectivity index (χ2n) is 4.58. The Balaban J connectivity index is 2.01. The third-order valence-corrected chi connectivity index (χ3v) is 2.99. The quantitative estimate of drug-likeness (QED) is 0.883. The maximum atomic E-state index is 13.0. The predicted molar refractivity (Wildman–Crippen MR) is 64.2 cm³/mol. The average molecular weight is 268 g/mol. The molecule has 1 atom stereocenters. The summed E-state index contributed by atoms with van der Waals surface area (Å²) in [5, 5.41) is 2.53. The fourth-order valence-electron chi connectivity index (χ4n) is 2.08. The van der Waals surface area contributed by atoms with E-state index in [4.69, 9.17) is 0 Å². The number of amides is 2. The van der Waals surface area contributed by atoms with Gasteiger partial charge in [-0.15, -0.1) is 0 Å². The number of rotatable bonds is 3. The van der Waals surface area contributed by atoms with Crippen LogP contribution in [0, 0.1) is 11.6 Å². The third-order valence-electron chi connectivity index (χ3n) is 2.99. The van der Waals surface area contributed by atoms with Gasteiger partial charge in [-0.2, -0.15) is 0 Å². The summed E-state index contributed by atoms with van der Waals surface area (Å²) in [4.78, 5) is 24.5. The number of carbonyl (C=O) groups excluding carboxylic acids is 2. The molecule has 1 heterocycles. The van der Waals surface area contributed by atoms with Crippen LogP contribution < -0.4 is 5.32 Å². The summed E-state index contributed by atoms with van der Waals surface area (Å²) in [5.74, 6) is -1.70. The van der Waals surface area contributed by atoms with Crippen molar-refractivity contribution < 1.29 is 18.4 Å². The first-order valence-electron chi connectivity index (χ1n) is 5.99. The number of hydrogen-bond acceptors (Lipinski definition) is 2. The molecule has 0 saturated carbocycles. The summed E-state index contributed by atoms with van der Waals surface area (Å²) in [7, 11) is 0. The lowest BCUT2D eigenvalue weighted by molar-refractivity contribution is -0.143. The van der Waals surface area contributed by atoms with E-state index in [9.17, 15) is 18.4 Å². The van der Waals surface area contributed by atoms with Gasteiger partial charge >= 0.3 is 0 Å². The molecule has 102 valence electrons. The zero-order valence-electron chi connectivity index (χ0n) is 10.5. The Bertz CT molecular complexity index is 499. The van der Waals surface area contributed by atoms with E-state index in [-0.39, 0.29) is 24.9 Å². The molecule has 1 aromatic carbocycles. The first kappa shape index (κ1) is 13.5. The molecule has 1 aromatic rings. The molecular formula is C13H14F2N2O2. The molecule has 4 nitrogen and oxygen atoms in total. The highest BCUT2D eigenvalue weighted by Gasteiger charge is 2.28. The predicted octanol–water partition coefficient (Wildman–Crippen LogP) is 0.854. The molecular weight excluding hydrogens is 254 g/mol. The number of halogens is 2. The molecule has 0 aliphatic carbocycles. The van der Waals surface area contributed by atoms with Gasteiger partial charge in [0, 0.05) is 12.6 Å². The van der Waals surface area contributed by atoms with E-state index in [1.807, 2.05) is 0 Å². The Hall–Kier alpha value is -1.98. The second-order valence-corrected chi connectivity index (χ2v) is 4.58. The first-order chi connectivity index (χ1) is 8.95. The van der Waals surface area contributed by atoms with Crippen molar-refractivity contribution in [3.05, 3.63) is 35.4 Å². The van der Waals surface area contributed by atoms with Crippen LogP contribution in [0.5, 0.6) is 0 Å². The second kappa shape index (κ2) is 5.34. The van der Waals surface area contributed by atoms with Gasteiger partial charge in [0.2, 0.25) is 11.8 Å². The topological polar surface area (TPSA) is 49.4 Å². The van der Waals surface area contributed by atoms with Crippen molar-refractivity contribution >= 4 is 11.8 Å². The Morgan fingerprint density at radius 3 is 2.53 bits per heavy atom. The maximum Gasteiger partial charge on any atom is 0.245 e. The monoisotopic (exact) mass is 268 g/mol. The van der Waals surface area contributed by atoms with E-state index in [2.05, 4.69) is 5.32 Å². The fourth-order valence-corrected chi connectivity index (χ4v) is 2.08. The van der Waals surface area contributed by atoms with Gasteiger partial charge < -0.3 is 10.2 Å². The Morgan fingerprint density at radius 1 is 1.26 bits per heavy atom. The van der Waals surface area contributed by atoms with Crippen molar-refractivity contribution in [3.63, 3.8) is 0 Å². The van der Waals surface area contributed by atoms with Crippen LogP contribution in [0.15, 0.2) is 18.2 Å². The van der Waals surface area contributed by atoms with Crippen LogP contribution in [0.25, 0.3) is 0 Å². The summed E-state index contributed by atoms with van der Waals surface area (Å²) in [5.41, 5.74) is 0.462. The van der Waals surface area contributed by atoms with Crippen molar-refractivity contribution in [1.82, 2.24) is 10.2 Å². The summed E-state index contributed by atoms with van der Waals surface area (Å²) in [6.07, 6.45) is 0.306. The van der Waals surface area contributed by atoms with Crippen molar-refractivity contribution in [1.29, 1.82) is 0 Å². The van der Waals surface area contributed by atoms with Gasteiger partial charge in [0.05, 0.1) is 6.54 Å². The highest BCUT2D eigenvalue weighted by molar-refractivity contribution is 5.94. The lowest BCUT2D eigenvalue weighted by Gasteiger charge is -2.30. The number of nitrogens with zero attached hydrogens (tertiary/aromatic N) is 1. The van der Waals surface area contributed by atoms with Crippen LogP contribution in [0.2, 0.25) is 0 Å². The van der Waals surface area contributed by atoms with E-state index >= 15 is 0 Å². The molecule has 2 rings (SSSR count). The summed E-state index contributed by atoms with van der Waals surface area (Å²) >= 11 is 0. The maximum absolute atomic E-state index is 13.0. The number of carbonyl (C=O) groups is 2. The molecule has 0 aromatic heterocycles. The number of hydrogen-bond donors (Lipinski definition) is 1. The molecule has 1 aliphatic heterocycles. The largest absolute Gasteiger partial charge is 0.343 e. The standard InChI is InChI=1S/C13H14F2N2O2/c1-8-13(19)17(7-12(18)16-8)3-2-9-4-10(14)6-11(15)5-9/h4-6,8H,2-3,7H2,1H3,(H,16,18). The van der Waals surface area contributed by atoms with Crippen LogP contribution in [0.4, 0.5) is 8.78 Å². The number of nitrogens with one attached hydrogen (secondary N) is 1. The number of benzene rings is 1. The van der Waals surface area contributed by atoms with Gasteiger partial charge in [-0.1, -0.05) is 0 Å². The van der Waals surface area contributed by atoms with Gasteiger partial charge in [0.25, 0.3) is 0 Å². The van der Waals surface area contributed by atoms with E-state index in [0.29, 0.717) is 12.0 Å². The minimum Gasteiger partial charge on any atom is -0.343 e. The Kier molecular flexibility index (Phi) is 3.78. The highest BCUT2D eigenvalue weighted by atomic mass is 19.1. The first-order valence-corrected chi connectivity index (χ1v) is 5.99. The van der Waals surface area contributed by atoms with Gasteiger partial charge in [0.1, 0.15) is 17.7 Å². The van der Waals surface area contributed by atoms with Gasteiger partial charge in [-0.05, 0) is 31.0 Å². The van der Waals surface area contributed by atoms with E-state index in [1.165, 1.54) is 17.0 Å². The summed E-state index contributed by atoms with van der Waals surface area (Å²) in [6, 6.07) is 2.69. The molecule has 0 spiro atoms. The third kappa shape index (κ3) is 3.27. The Labute approximate surface area is 109 Å². The molecule has 1 N–H and O–H groups in total. The summed E-state index contributed by atoms with van der Waals surface area (Å²) < 4.78 is 26.0.